The average molecular weight is 312 g/mol. The minimum Gasteiger partial charge on any atom is -0.277 e. The van der Waals surface area contributed by atoms with E-state index in [1.807, 2.05) is 47.0 Å². The van der Waals surface area contributed by atoms with Crippen LogP contribution in [0.1, 0.15) is 12.5 Å². The van der Waals surface area contributed by atoms with E-state index in [-0.39, 0.29) is 0 Å². The Hall–Kier alpha value is -1.97. The Balaban J connectivity index is 2.02. The number of pyridine rings is 1. The summed E-state index contributed by atoms with van der Waals surface area (Å²) in [5.41, 5.74) is 1.51. The van der Waals surface area contributed by atoms with Crippen LogP contribution in [0.5, 0.6) is 0 Å². The number of hydrogen-bond donors (Lipinski definition) is 0. The predicted octanol–water partition coefficient (Wildman–Crippen LogP) is 3.86. The van der Waals surface area contributed by atoms with Crippen molar-refractivity contribution in [3.8, 4) is 6.07 Å². The Morgan fingerprint density at radius 3 is 2.81 bits per heavy atom. The van der Waals surface area contributed by atoms with Gasteiger partial charge < -0.3 is 0 Å². The van der Waals surface area contributed by atoms with Crippen molar-refractivity contribution in [1.29, 1.82) is 5.26 Å². The van der Waals surface area contributed by atoms with E-state index in [4.69, 9.17) is 0 Å². The molecule has 104 valence electrons. The highest BCUT2D eigenvalue weighted by molar-refractivity contribution is 8.00. The van der Waals surface area contributed by atoms with Gasteiger partial charge in [-0.3, -0.25) is 4.40 Å². The molecule has 0 spiro atoms. The van der Waals surface area contributed by atoms with Crippen molar-refractivity contribution in [3.63, 3.8) is 0 Å². The number of thioether (sulfide) groups is 1. The van der Waals surface area contributed by atoms with Crippen LogP contribution in [0.2, 0.25) is 0 Å². The van der Waals surface area contributed by atoms with E-state index in [9.17, 15) is 5.26 Å². The summed E-state index contributed by atoms with van der Waals surface area (Å²) in [4.78, 5) is 1.92. The standard InChI is InChI=1S/C15H12N4S2/c1-2-20-12-6-5-7-13(11(12)10-16)21-15-18-17-14-8-3-4-9-19(14)15/h3-9H,2H2,1H3. The smallest absolute Gasteiger partial charge is 0.200 e. The van der Waals surface area contributed by atoms with Crippen LogP contribution in [0.3, 0.4) is 0 Å². The third-order valence-corrected chi connectivity index (χ3v) is 4.84. The van der Waals surface area contributed by atoms with Gasteiger partial charge in [-0.2, -0.15) is 5.26 Å². The van der Waals surface area contributed by atoms with Gasteiger partial charge in [0.25, 0.3) is 0 Å². The largest absolute Gasteiger partial charge is 0.277 e. The molecule has 2 aromatic heterocycles. The van der Waals surface area contributed by atoms with Crippen LogP contribution in [0.15, 0.2) is 57.5 Å². The van der Waals surface area contributed by atoms with Gasteiger partial charge in [0, 0.05) is 16.0 Å². The lowest BCUT2D eigenvalue weighted by Crippen LogP contribution is -1.90. The topological polar surface area (TPSA) is 54.0 Å². The molecule has 0 atom stereocenters. The van der Waals surface area contributed by atoms with E-state index >= 15 is 0 Å². The first-order valence-corrected chi connectivity index (χ1v) is 8.27. The first-order valence-electron chi connectivity index (χ1n) is 6.47. The van der Waals surface area contributed by atoms with Crippen molar-refractivity contribution in [2.45, 2.75) is 21.9 Å². The fourth-order valence-electron chi connectivity index (χ4n) is 1.97. The van der Waals surface area contributed by atoms with Crippen molar-refractivity contribution < 1.29 is 0 Å². The Labute approximate surface area is 131 Å². The maximum atomic E-state index is 9.45. The van der Waals surface area contributed by atoms with Crippen LogP contribution in [-0.2, 0) is 0 Å². The molecule has 0 aliphatic carbocycles. The van der Waals surface area contributed by atoms with Gasteiger partial charge in [0.2, 0.25) is 0 Å². The molecule has 0 saturated carbocycles. The molecule has 2 heterocycles. The third-order valence-electron chi connectivity index (χ3n) is 2.88. The van der Waals surface area contributed by atoms with Gasteiger partial charge in [-0.25, -0.2) is 0 Å². The van der Waals surface area contributed by atoms with E-state index in [1.54, 1.807) is 11.8 Å². The van der Waals surface area contributed by atoms with Gasteiger partial charge in [0.1, 0.15) is 6.07 Å². The molecule has 0 bridgehead atoms. The fourth-order valence-corrected chi connectivity index (χ4v) is 3.76. The van der Waals surface area contributed by atoms with Crippen molar-refractivity contribution >= 4 is 29.2 Å². The Bertz CT molecular complexity index is 820. The van der Waals surface area contributed by atoms with Crippen LogP contribution in [0, 0.1) is 11.3 Å². The quantitative estimate of drug-likeness (QED) is 0.685. The normalized spacial score (nSPS) is 10.7. The zero-order valence-electron chi connectivity index (χ0n) is 11.4. The molecule has 0 aliphatic heterocycles. The van der Waals surface area contributed by atoms with E-state index in [1.165, 1.54) is 11.8 Å². The molecule has 3 rings (SSSR count). The summed E-state index contributed by atoms with van der Waals surface area (Å²) in [6.45, 7) is 2.08. The zero-order valence-corrected chi connectivity index (χ0v) is 13.0. The molecule has 3 aromatic rings. The Kier molecular flexibility index (Phi) is 4.13. The molecule has 0 fully saturated rings. The molecule has 0 aliphatic rings. The number of rotatable bonds is 4. The SMILES string of the molecule is CCSc1cccc(Sc2nnc3ccccn23)c1C#N. The third kappa shape index (κ3) is 2.75. The van der Waals surface area contributed by atoms with Crippen molar-refractivity contribution in [1.82, 2.24) is 14.6 Å². The highest BCUT2D eigenvalue weighted by Gasteiger charge is 2.13. The summed E-state index contributed by atoms with van der Waals surface area (Å²) in [5.74, 6) is 0.941. The Morgan fingerprint density at radius 1 is 1.14 bits per heavy atom. The number of aromatic nitrogens is 3. The van der Waals surface area contributed by atoms with E-state index in [0.717, 1.165) is 26.3 Å². The number of nitrogens with zero attached hydrogens (tertiary/aromatic N) is 4. The molecule has 1 aromatic carbocycles. The van der Waals surface area contributed by atoms with Crippen LogP contribution < -0.4 is 0 Å². The monoisotopic (exact) mass is 312 g/mol. The molecule has 0 saturated heterocycles. The van der Waals surface area contributed by atoms with E-state index in [2.05, 4.69) is 23.2 Å². The highest BCUT2D eigenvalue weighted by atomic mass is 32.2. The van der Waals surface area contributed by atoms with Crippen LogP contribution in [0.25, 0.3) is 5.65 Å². The Morgan fingerprint density at radius 2 is 2.00 bits per heavy atom. The molecular weight excluding hydrogens is 300 g/mol. The van der Waals surface area contributed by atoms with E-state index < -0.39 is 0 Å². The van der Waals surface area contributed by atoms with Gasteiger partial charge in [-0.1, -0.05) is 19.1 Å². The molecule has 21 heavy (non-hydrogen) atoms. The molecule has 4 nitrogen and oxygen atoms in total. The maximum absolute atomic E-state index is 9.45. The first-order chi connectivity index (χ1) is 10.3. The summed E-state index contributed by atoms with van der Waals surface area (Å²) >= 11 is 3.15. The predicted molar refractivity (Wildman–Crippen MR) is 84.7 cm³/mol. The molecular formula is C15H12N4S2. The molecule has 0 N–H and O–H groups in total. The van der Waals surface area contributed by atoms with Crippen molar-refractivity contribution in [2.75, 3.05) is 5.75 Å². The van der Waals surface area contributed by atoms with Crippen molar-refractivity contribution in [2.24, 2.45) is 0 Å². The number of fused-ring (bicyclic) bond motifs is 1. The lowest BCUT2D eigenvalue weighted by atomic mass is 10.2. The van der Waals surface area contributed by atoms with Gasteiger partial charge >= 0.3 is 0 Å². The van der Waals surface area contributed by atoms with Crippen molar-refractivity contribution in [3.05, 3.63) is 48.2 Å². The second kappa shape index (κ2) is 6.20. The fraction of sp³-hybridized carbons (Fsp3) is 0.133. The van der Waals surface area contributed by atoms with E-state index in [0.29, 0.717) is 5.56 Å². The number of benzene rings is 1. The average Bonchev–Trinajstić information content (AvgIpc) is 2.91. The minimum atomic E-state index is 0.710. The summed E-state index contributed by atoms with van der Waals surface area (Å²) in [7, 11) is 0. The summed E-state index contributed by atoms with van der Waals surface area (Å²) in [6, 6.07) is 14.0. The number of hydrogen-bond acceptors (Lipinski definition) is 5. The number of nitriles is 1. The van der Waals surface area contributed by atoms with Gasteiger partial charge in [0.05, 0.1) is 5.56 Å². The summed E-state index contributed by atoms with van der Waals surface area (Å²) in [6.07, 6.45) is 1.92. The van der Waals surface area contributed by atoms with Gasteiger partial charge in [-0.15, -0.1) is 22.0 Å². The molecule has 6 heteroatoms. The molecule has 0 unspecified atom stereocenters. The maximum Gasteiger partial charge on any atom is 0.200 e. The summed E-state index contributed by atoms with van der Waals surface area (Å²) in [5, 5.41) is 18.5. The molecule has 0 amide bonds. The van der Waals surface area contributed by atoms with Gasteiger partial charge in [-0.05, 0) is 41.8 Å². The minimum absolute atomic E-state index is 0.710. The van der Waals surface area contributed by atoms with Crippen LogP contribution in [-0.4, -0.2) is 20.4 Å². The second-order valence-electron chi connectivity index (χ2n) is 4.19. The highest BCUT2D eigenvalue weighted by Crippen LogP contribution is 2.34. The van der Waals surface area contributed by atoms with Crippen LogP contribution >= 0.6 is 23.5 Å². The first kappa shape index (κ1) is 14.0. The summed E-state index contributed by atoms with van der Waals surface area (Å²) < 4.78 is 1.92. The second-order valence-corrected chi connectivity index (χ2v) is 6.50. The zero-order chi connectivity index (χ0) is 14.7. The lowest BCUT2D eigenvalue weighted by molar-refractivity contribution is 0.920. The molecule has 0 radical (unpaired) electrons. The van der Waals surface area contributed by atoms with Gasteiger partial charge in [0.15, 0.2) is 10.8 Å². The lowest BCUT2D eigenvalue weighted by Gasteiger charge is -2.07. The van der Waals surface area contributed by atoms with Crippen LogP contribution in [0.4, 0.5) is 0 Å².